The molecule has 0 aliphatic carbocycles. The maximum absolute atomic E-state index is 5.83. The van der Waals surface area contributed by atoms with Crippen LogP contribution in [0, 0.1) is 0 Å². The van der Waals surface area contributed by atoms with Crippen molar-refractivity contribution in [3.63, 3.8) is 0 Å². The minimum Gasteiger partial charge on any atom is -0.347 e. The van der Waals surface area contributed by atoms with Crippen molar-refractivity contribution in [3.05, 3.63) is 0 Å². The van der Waals surface area contributed by atoms with E-state index in [-0.39, 0.29) is 11.2 Å². The Balaban J connectivity index is 4.71. The zero-order valence-electron chi connectivity index (χ0n) is 13.7. The summed E-state index contributed by atoms with van der Waals surface area (Å²) in [5.41, 5.74) is -1.82. The second-order valence-electron chi connectivity index (χ2n) is 7.52. The Morgan fingerprint density at radius 3 is 0.889 bits per heavy atom. The van der Waals surface area contributed by atoms with Crippen molar-refractivity contribution in [2.75, 3.05) is 0 Å². The summed E-state index contributed by atoms with van der Waals surface area (Å²) in [6.45, 7) is 19.6. The molecular weight excluding hydrogens is 228 g/mol. The molecule has 108 valence electrons. The molecule has 0 aromatic heterocycles. The topological polar surface area (TPSA) is 43.2 Å². The van der Waals surface area contributed by atoms with Crippen LogP contribution in [0.15, 0.2) is 10.2 Å². The highest BCUT2D eigenvalue weighted by atomic mass is 16.5. The largest absolute Gasteiger partial charge is 0.347 e. The first-order valence-electron chi connectivity index (χ1n) is 6.46. The van der Waals surface area contributed by atoms with E-state index in [2.05, 4.69) is 10.2 Å². The van der Waals surface area contributed by atoms with Crippen LogP contribution >= 0.6 is 0 Å². The van der Waals surface area contributed by atoms with Gasteiger partial charge in [0.25, 0.3) is 0 Å². The van der Waals surface area contributed by atoms with Gasteiger partial charge in [-0.05, 0) is 69.2 Å². The highest BCUT2D eigenvalue weighted by Gasteiger charge is 2.29. The predicted molar refractivity (Wildman–Crippen MR) is 74.7 cm³/mol. The van der Waals surface area contributed by atoms with Gasteiger partial charge in [-0.2, -0.15) is 10.2 Å². The SMILES string of the molecule is CC(C)(C)OC(C)(C)N=NC(C)(C)OC(C)(C)C. The predicted octanol–water partition coefficient (Wildman–Crippen LogP) is 4.54. The molecule has 0 aromatic carbocycles. The molecule has 4 nitrogen and oxygen atoms in total. The van der Waals surface area contributed by atoms with Crippen molar-refractivity contribution in [1.29, 1.82) is 0 Å². The van der Waals surface area contributed by atoms with E-state index in [1.807, 2.05) is 69.2 Å². The van der Waals surface area contributed by atoms with Crippen molar-refractivity contribution in [2.45, 2.75) is 91.9 Å². The maximum Gasteiger partial charge on any atom is 0.174 e. The second-order valence-corrected chi connectivity index (χ2v) is 7.52. The van der Waals surface area contributed by atoms with Crippen molar-refractivity contribution >= 4 is 0 Å². The van der Waals surface area contributed by atoms with E-state index in [1.54, 1.807) is 0 Å². The Morgan fingerprint density at radius 1 is 0.500 bits per heavy atom. The molecule has 0 saturated carbocycles. The van der Waals surface area contributed by atoms with Gasteiger partial charge in [0.2, 0.25) is 0 Å². The van der Waals surface area contributed by atoms with Gasteiger partial charge in [0.15, 0.2) is 11.4 Å². The summed E-state index contributed by atoms with van der Waals surface area (Å²) in [6, 6.07) is 0. The van der Waals surface area contributed by atoms with Crippen LogP contribution in [0.2, 0.25) is 0 Å². The Kier molecular flexibility index (Phi) is 5.11. The molecule has 0 fully saturated rings. The molecule has 0 N–H and O–H groups in total. The third-order valence-corrected chi connectivity index (χ3v) is 1.64. The number of nitrogens with zero attached hydrogens (tertiary/aromatic N) is 2. The molecule has 0 spiro atoms. The van der Waals surface area contributed by atoms with E-state index >= 15 is 0 Å². The lowest BCUT2D eigenvalue weighted by Crippen LogP contribution is -2.36. The maximum atomic E-state index is 5.83. The Labute approximate surface area is 112 Å². The third kappa shape index (κ3) is 9.54. The lowest BCUT2D eigenvalue weighted by Gasteiger charge is -2.32. The van der Waals surface area contributed by atoms with Gasteiger partial charge in [-0.25, -0.2) is 0 Å². The highest BCUT2D eigenvalue weighted by Crippen LogP contribution is 2.25. The summed E-state index contributed by atoms with van der Waals surface area (Å²) in [7, 11) is 0. The van der Waals surface area contributed by atoms with Gasteiger partial charge in [-0.3, -0.25) is 0 Å². The molecule has 0 heterocycles. The number of azo groups is 1. The minimum absolute atomic E-state index is 0.252. The summed E-state index contributed by atoms with van der Waals surface area (Å²) in [6.07, 6.45) is 0. The van der Waals surface area contributed by atoms with Crippen LogP contribution in [0.5, 0.6) is 0 Å². The molecule has 18 heavy (non-hydrogen) atoms. The van der Waals surface area contributed by atoms with Gasteiger partial charge in [0.1, 0.15) is 0 Å². The van der Waals surface area contributed by atoms with E-state index in [4.69, 9.17) is 9.47 Å². The zero-order chi connectivity index (χ0) is 14.8. The molecule has 0 bridgehead atoms. The molecular formula is C14H30N2O2. The quantitative estimate of drug-likeness (QED) is 0.695. The van der Waals surface area contributed by atoms with Gasteiger partial charge in [-0.15, -0.1) is 0 Å². The lowest BCUT2D eigenvalue weighted by molar-refractivity contribution is -0.132. The molecule has 0 aliphatic rings. The molecule has 0 radical (unpaired) electrons. The summed E-state index contributed by atoms with van der Waals surface area (Å²) < 4.78 is 11.7. The van der Waals surface area contributed by atoms with Crippen LogP contribution in [-0.4, -0.2) is 22.7 Å². The van der Waals surface area contributed by atoms with Crippen molar-refractivity contribution in [1.82, 2.24) is 0 Å². The molecule has 0 aromatic rings. The fourth-order valence-corrected chi connectivity index (χ4v) is 1.78. The molecule has 0 saturated heterocycles. The first kappa shape index (κ1) is 17.5. The van der Waals surface area contributed by atoms with Crippen LogP contribution < -0.4 is 0 Å². The Bertz CT molecular complexity index is 264. The van der Waals surface area contributed by atoms with Crippen LogP contribution in [0.25, 0.3) is 0 Å². The number of rotatable bonds is 4. The van der Waals surface area contributed by atoms with E-state index in [1.165, 1.54) is 0 Å². The van der Waals surface area contributed by atoms with Crippen LogP contribution in [0.1, 0.15) is 69.2 Å². The fraction of sp³-hybridized carbons (Fsp3) is 1.00. The summed E-state index contributed by atoms with van der Waals surface area (Å²) in [5, 5.41) is 8.55. The van der Waals surface area contributed by atoms with Crippen molar-refractivity contribution in [3.8, 4) is 0 Å². The Morgan fingerprint density at radius 2 is 0.722 bits per heavy atom. The molecule has 0 amide bonds. The van der Waals surface area contributed by atoms with Gasteiger partial charge < -0.3 is 9.47 Å². The van der Waals surface area contributed by atoms with E-state index < -0.39 is 11.4 Å². The summed E-state index contributed by atoms with van der Waals surface area (Å²) in [4.78, 5) is 0. The number of hydrogen-bond acceptors (Lipinski definition) is 4. The zero-order valence-corrected chi connectivity index (χ0v) is 13.7. The van der Waals surface area contributed by atoms with Gasteiger partial charge in [0.05, 0.1) is 11.2 Å². The van der Waals surface area contributed by atoms with E-state index in [0.29, 0.717) is 0 Å². The monoisotopic (exact) mass is 258 g/mol. The molecule has 0 unspecified atom stereocenters. The van der Waals surface area contributed by atoms with Crippen molar-refractivity contribution < 1.29 is 9.47 Å². The van der Waals surface area contributed by atoms with Gasteiger partial charge in [0, 0.05) is 0 Å². The van der Waals surface area contributed by atoms with Gasteiger partial charge >= 0.3 is 0 Å². The van der Waals surface area contributed by atoms with Crippen LogP contribution in [0.3, 0.4) is 0 Å². The smallest absolute Gasteiger partial charge is 0.174 e. The standard InChI is InChI=1S/C14H30N2O2/c1-11(2,3)17-13(7,8)15-16-14(9,10)18-12(4,5)6/h1-10H3. The van der Waals surface area contributed by atoms with Crippen LogP contribution in [0.4, 0.5) is 0 Å². The molecule has 0 atom stereocenters. The molecule has 0 aliphatic heterocycles. The lowest BCUT2D eigenvalue weighted by atomic mass is 10.1. The highest BCUT2D eigenvalue weighted by molar-refractivity contribution is 4.74. The second kappa shape index (κ2) is 5.25. The fourth-order valence-electron chi connectivity index (χ4n) is 1.78. The number of hydrogen-bond donors (Lipinski definition) is 0. The first-order chi connectivity index (χ1) is 7.62. The van der Waals surface area contributed by atoms with Crippen molar-refractivity contribution in [2.24, 2.45) is 10.2 Å². The van der Waals surface area contributed by atoms with E-state index in [0.717, 1.165) is 0 Å². The average Bonchev–Trinajstić information content (AvgIpc) is 1.91. The normalized spacial score (nSPS) is 15.4. The average molecular weight is 258 g/mol. The summed E-state index contributed by atoms with van der Waals surface area (Å²) in [5.74, 6) is 0. The molecule has 0 rings (SSSR count). The summed E-state index contributed by atoms with van der Waals surface area (Å²) >= 11 is 0. The number of ether oxygens (including phenoxy) is 2. The Hall–Kier alpha value is -0.480. The first-order valence-corrected chi connectivity index (χ1v) is 6.46. The van der Waals surface area contributed by atoms with Crippen LogP contribution in [-0.2, 0) is 9.47 Å². The third-order valence-electron chi connectivity index (χ3n) is 1.64. The molecule has 4 heteroatoms. The van der Waals surface area contributed by atoms with Gasteiger partial charge in [-0.1, -0.05) is 0 Å². The minimum atomic E-state index is -0.656. The van der Waals surface area contributed by atoms with E-state index in [9.17, 15) is 0 Å².